The van der Waals surface area contributed by atoms with Gasteiger partial charge in [-0.2, -0.15) is 5.26 Å². The first-order valence-corrected chi connectivity index (χ1v) is 12.7. The van der Waals surface area contributed by atoms with Gasteiger partial charge in [-0.3, -0.25) is 9.59 Å². The number of hydrogen-bond acceptors (Lipinski definition) is 4. The second-order valence-corrected chi connectivity index (χ2v) is 11.9. The van der Waals surface area contributed by atoms with Crippen molar-refractivity contribution in [2.45, 2.75) is 83.2 Å². The van der Waals surface area contributed by atoms with Gasteiger partial charge in [0.15, 0.2) is 11.6 Å². The summed E-state index contributed by atoms with van der Waals surface area (Å²) in [6, 6.07) is 8.54. The van der Waals surface area contributed by atoms with Crippen LogP contribution in [-0.2, 0) is 11.2 Å². The second-order valence-electron chi connectivity index (χ2n) is 11.9. The zero-order chi connectivity index (χ0) is 23.2. The van der Waals surface area contributed by atoms with Crippen molar-refractivity contribution in [2.24, 2.45) is 28.6 Å². The van der Waals surface area contributed by atoms with E-state index in [1.807, 2.05) is 12.1 Å². The van der Waals surface area contributed by atoms with Gasteiger partial charge in [0.25, 0.3) is 0 Å². The fourth-order valence-corrected chi connectivity index (χ4v) is 9.34. The van der Waals surface area contributed by atoms with E-state index in [1.165, 1.54) is 16.7 Å². The summed E-state index contributed by atoms with van der Waals surface area (Å²) < 4.78 is 0. The molecule has 0 radical (unpaired) electrons. The number of Topliss-reactive ketones (excluding diaryl/α,β-unsaturated/α-hetero) is 1. The highest BCUT2D eigenvalue weighted by molar-refractivity contribution is 5.94. The quantitative estimate of drug-likeness (QED) is 0.630. The van der Waals surface area contributed by atoms with Gasteiger partial charge in [-0.05, 0) is 104 Å². The van der Waals surface area contributed by atoms with Gasteiger partial charge in [-0.15, -0.1) is 0 Å². The van der Waals surface area contributed by atoms with E-state index in [0.717, 1.165) is 44.1 Å². The van der Waals surface area contributed by atoms with Gasteiger partial charge in [0, 0.05) is 17.4 Å². The first-order valence-electron chi connectivity index (χ1n) is 12.7. The third-order valence-electron chi connectivity index (χ3n) is 10.8. The normalized spacial score (nSPS) is 42.8. The SMILES string of the molecule is CC(=O)c1ccc2c(c1)C[C@]13CCC(=O)C=C1CC[C@@H]1C3C2C[C@@]2(C)[C@H]1CC[C@@]2(O)CC#N. The molecule has 0 bridgehead atoms. The lowest BCUT2D eigenvalue weighted by Crippen LogP contribution is -2.59. The largest absolute Gasteiger partial charge is 0.388 e. The van der Waals surface area contributed by atoms with E-state index < -0.39 is 5.60 Å². The van der Waals surface area contributed by atoms with Gasteiger partial charge in [-0.25, -0.2) is 0 Å². The maximum absolute atomic E-state index is 12.4. The molecular weight excluding hydrogens is 410 g/mol. The molecule has 0 amide bonds. The number of ketones is 2. The minimum absolute atomic E-state index is 0.00116. The van der Waals surface area contributed by atoms with Crippen LogP contribution in [0.4, 0.5) is 0 Å². The van der Waals surface area contributed by atoms with E-state index in [2.05, 4.69) is 25.1 Å². The van der Waals surface area contributed by atoms with Gasteiger partial charge in [0.1, 0.15) is 0 Å². The number of nitrogens with zero attached hydrogens (tertiary/aromatic N) is 1. The molecule has 1 N–H and O–H groups in total. The molecule has 1 aromatic rings. The molecule has 1 aromatic carbocycles. The zero-order valence-corrected chi connectivity index (χ0v) is 19.7. The standard InChI is InChI=1S/C29H33NO3/c1-17(31)18-3-5-22-19(13-18)15-28-9-7-21(32)14-20(28)4-6-23-25-8-10-29(33,11-12-30)27(25,2)16-24(22)26(23)28/h3,5,13-14,23-26,33H,4,6-11,15-16H2,1-2H3/t23-,24?,25-,26?,27-,28+,29+/m0/s1. The lowest BCUT2D eigenvalue weighted by atomic mass is 9.39. The Morgan fingerprint density at radius 2 is 2.06 bits per heavy atom. The Morgan fingerprint density at radius 3 is 2.82 bits per heavy atom. The summed E-state index contributed by atoms with van der Waals surface area (Å²) in [5, 5.41) is 21.3. The number of aliphatic hydroxyl groups is 1. The molecule has 5 aliphatic carbocycles. The number of carbonyl (C=O) groups is 2. The third kappa shape index (κ3) is 2.66. The predicted octanol–water partition coefficient (Wildman–Crippen LogP) is 5.30. The Bertz CT molecular complexity index is 1140. The van der Waals surface area contributed by atoms with Crippen LogP contribution >= 0.6 is 0 Å². The summed E-state index contributed by atoms with van der Waals surface area (Å²) in [6.07, 6.45) is 9.23. The molecule has 3 fully saturated rings. The lowest BCUT2D eigenvalue weighted by Gasteiger charge is -2.65. The summed E-state index contributed by atoms with van der Waals surface area (Å²) in [5.74, 6) is 2.05. The minimum Gasteiger partial charge on any atom is -0.388 e. The summed E-state index contributed by atoms with van der Waals surface area (Å²) in [5.41, 5.74) is 3.49. The van der Waals surface area contributed by atoms with Crippen LogP contribution in [0.15, 0.2) is 29.8 Å². The molecule has 2 unspecified atom stereocenters. The van der Waals surface area contributed by atoms with Crippen molar-refractivity contribution in [2.75, 3.05) is 0 Å². The molecule has 6 rings (SSSR count). The van der Waals surface area contributed by atoms with E-state index in [-0.39, 0.29) is 28.8 Å². The van der Waals surface area contributed by atoms with Crippen molar-refractivity contribution >= 4 is 11.6 Å². The Morgan fingerprint density at radius 1 is 1.24 bits per heavy atom. The zero-order valence-electron chi connectivity index (χ0n) is 19.7. The highest BCUT2D eigenvalue weighted by atomic mass is 16.3. The monoisotopic (exact) mass is 443 g/mol. The number of fused-ring (bicyclic) bond motifs is 4. The third-order valence-corrected chi connectivity index (χ3v) is 10.8. The maximum atomic E-state index is 12.4. The smallest absolute Gasteiger partial charge is 0.159 e. The van der Waals surface area contributed by atoms with Crippen molar-refractivity contribution in [3.8, 4) is 6.07 Å². The van der Waals surface area contributed by atoms with Gasteiger partial charge < -0.3 is 5.11 Å². The van der Waals surface area contributed by atoms with E-state index in [9.17, 15) is 20.0 Å². The molecule has 5 aliphatic rings. The van der Waals surface area contributed by atoms with Crippen LogP contribution in [0.3, 0.4) is 0 Å². The molecule has 1 spiro atoms. The van der Waals surface area contributed by atoms with Crippen LogP contribution in [0.5, 0.6) is 0 Å². The minimum atomic E-state index is -0.930. The van der Waals surface area contributed by atoms with Crippen molar-refractivity contribution < 1.29 is 14.7 Å². The van der Waals surface area contributed by atoms with Gasteiger partial charge in [-0.1, -0.05) is 24.6 Å². The molecule has 4 nitrogen and oxygen atoms in total. The van der Waals surface area contributed by atoms with E-state index in [0.29, 0.717) is 36.5 Å². The van der Waals surface area contributed by atoms with Gasteiger partial charge >= 0.3 is 0 Å². The number of rotatable bonds is 2. The summed E-state index contributed by atoms with van der Waals surface area (Å²) in [4.78, 5) is 24.6. The van der Waals surface area contributed by atoms with E-state index in [4.69, 9.17) is 0 Å². The Kier molecular flexibility index (Phi) is 4.44. The number of allylic oxidation sites excluding steroid dienone is 1. The molecule has 7 atom stereocenters. The highest BCUT2D eigenvalue weighted by Crippen LogP contribution is 2.73. The Hall–Kier alpha value is -2.25. The molecule has 33 heavy (non-hydrogen) atoms. The van der Waals surface area contributed by atoms with Crippen LogP contribution < -0.4 is 0 Å². The van der Waals surface area contributed by atoms with Crippen LogP contribution in [0.25, 0.3) is 0 Å². The molecule has 0 aliphatic heterocycles. The summed E-state index contributed by atoms with van der Waals surface area (Å²) in [6.45, 7) is 3.87. The number of carbonyl (C=O) groups excluding carboxylic acids is 2. The highest BCUT2D eigenvalue weighted by Gasteiger charge is 2.68. The number of nitriles is 1. The Balaban J connectivity index is 1.55. The molecular formula is C29H33NO3. The van der Waals surface area contributed by atoms with Crippen molar-refractivity contribution in [1.82, 2.24) is 0 Å². The van der Waals surface area contributed by atoms with Gasteiger partial charge in [0.05, 0.1) is 18.1 Å². The fourth-order valence-electron chi connectivity index (χ4n) is 9.34. The fraction of sp³-hybridized carbons (Fsp3) is 0.621. The summed E-state index contributed by atoms with van der Waals surface area (Å²) >= 11 is 0. The van der Waals surface area contributed by atoms with Crippen molar-refractivity contribution in [3.63, 3.8) is 0 Å². The molecule has 0 saturated heterocycles. The Labute approximate surface area is 196 Å². The molecule has 0 heterocycles. The molecule has 0 aromatic heterocycles. The van der Waals surface area contributed by atoms with Crippen molar-refractivity contribution in [3.05, 3.63) is 46.5 Å². The van der Waals surface area contributed by atoms with Crippen molar-refractivity contribution in [1.29, 1.82) is 5.26 Å². The van der Waals surface area contributed by atoms with Crippen LogP contribution in [0, 0.1) is 39.9 Å². The van der Waals surface area contributed by atoms with Crippen LogP contribution in [0.1, 0.15) is 92.6 Å². The lowest BCUT2D eigenvalue weighted by molar-refractivity contribution is -0.140. The van der Waals surface area contributed by atoms with E-state index in [1.54, 1.807) is 6.92 Å². The topological polar surface area (TPSA) is 78.2 Å². The molecule has 172 valence electrons. The maximum Gasteiger partial charge on any atom is 0.159 e. The van der Waals surface area contributed by atoms with Crippen LogP contribution in [-0.4, -0.2) is 22.3 Å². The average molecular weight is 444 g/mol. The second kappa shape index (κ2) is 6.89. The van der Waals surface area contributed by atoms with E-state index >= 15 is 0 Å². The number of benzene rings is 1. The van der Waals surface area contributed by atoms with Crippen LogP contribution in [0.2, 0.25) is 0 Å². The average Bonchev–Trinajstić information content (AvgIpc) is 3.04. The first-order chi connectivity index (χ1) is 15.7. The number of hydrogen-bond donors (Lipinski definition) is 1. The predicted molar refractivity (Wildman–Crippen MR) is 124 cm³/mol. The van der Waals surface area contributed by atoms with Gasteiger partial charge in [0.2, 0.25) is 0 Å². The first kappa shape index (κ1) is 21.3. The summed E-state index contributed by atoms with van der Waals surface area (Å²) in [7, 11) is 0. The molecule has 3 saturated carbocycles. The molecule has 4 heteroatoms.